The molecular weight excluding hydrogens is 367 g/mol. The van der Waals surface area contributed by atoms with Gasteiger partial charge in [0, 0.05) is 0 Å². The minimum Gasteiger partial charge on any atom is -0.364 e. The quantitative estimate of drug-likeness (QED) is 0.265. The molecule has 0 spiro atoms. The Bertz CT molecular complexity index is 831. The Labute approximate surface area is 152 Å². The third kappa shape index (κ3) is 4.75. The fourth-order valence-corrected chi connectivity index (χ4v) is 2.19. The van der Waals surface area contributed by atoms with Crippen molar-refractivity contribution in [3.05, 3.63) is 52.3 Å². The van der Waals surface area contributed by atoms with E-state index in [0.717, 1.165) is 0 Å². The first kappa shape index (κ1) is 18.4. The van der Waals surface area contributed by atoms with Crippen LogP contribution in [0.4, 0.5) is 11.4 Å². The average molecular weight is 379 g/mol. The maximum Gasteiger partial charge on any atom is 0.272 e. The minimum atomic E-state index is -0.939. The van der Waals surface area contributed by atoms with E-state index >= 15 is 0 Å². The molecule has 0 aliphatic heterocycles. The Kier molecular flexibility index (Phi) is 6.04. The number of para-hydroxylation sites is 1. The van der Waals surface area contributed by atoms with E-state index in [4.69, 9.17) is 34.3 Å². The molecule has 1 aromatic heterocycles. The molecule has 0 fully saturated rings. The summed E-state index contributed by atoms with van der Waals surface area (Å²) in [5.41, 5.74) is 8.29. The number of nitrogens with one attached hydrogen (secondary N) is 3. The van der Waals surface area contributed by atoms with Crippen molar-refractivity contribution in [3.8, 4) is 0 Å². The van der Waals surface area contributed by atoms with E-state index in [1.165, 1.54) is 18.3 Å². The number of nitrogens with two attached hydrogens (primary N) is 1. The maximum atomic E-state index is 11.6. The van der Waals surface area contributed by atoms with Crippen LogP contribution < -0.4 is 16.5 Å². The molecule has 2 rings (SSSR count). The first-order chi connectivity index (χ1) is 11.9. The summed E-state index contributed by atoms with van der Waals surface area (Å²) in [5.74, 6) is -1.31. The highest BCUT2D eigenvalue weighted by Gasteiger charge is 2.15. The van der Waals surface area contributed by atoms with Crippen molar-refractivity contribution < 1.29 is 9.59 Å². The van der Waals surface area contributed by atoms with Crippen LogP contribution in [0.15, 0.2) is 41.6 Å². The maximum absolute atomic E-state index is 11.6. The molecule has 2 aromatic rings. The molecule has 128 valence electrons. The van der Waals surface area contributed by atoms with Crippen LogP contribution in [-0.4, -0.2) is 28.7 Å². The van der Waals surface area contributed by atoms with Gasteiger partial charge < -0.3 is 11.1 Å². The predicted octanol–water partition coefficient (Wildman–Crippen LogP) is 2.54. The van der Waals surface area contributed by atoms with Crippen LogP contribution in [0.2, 0.25) is 10.0 Å². The zero-order valence-electron chi connectivity index (χ0n) is 12.6. The molecule has 1 amide bonds. The largest absolute Gasteiger partial charge is 0.364 e. The van der Waals surface area contributed by atoms with Gasteiger partial charge in [-0.3, -0.25) is 25.4 Å². The number of amidine groups is 1. The van der Waals surface area contributed by atoms with Gasteiger partial charge in [0.05, 0.1) is 27.6 Å². The third-order valence-electron chi connectivity index (χ3n) is 2.89. The van der Waals surface area contributed by atoms with Crippen LogP contribution in [0.5, 0.6) is 0 Å². The van der Waals surface area contributed by atoms with Gasteiger partial charge in [-0.1, -0.05) is 29.3 Å². The number of pyridine rings is 1. The van der Waals surface area contributed by atoms with Gasteiger partial charge in [0.1, 0.15) is 5.69 Å². The number of hydrazone groups is 1. The lowest BCUT2D eigenvalue weighted by molar-refractivity contribution is -0.111. The molecule has 10 heteroatoms. The average Bonchev–Trinajstić information content (AvgIpc) is 2.57. The zero-order chi connectivity index (χ0) is 18.4. The van der Waals surface area contributed by atoms with Crippen LogP contribution in [-0.2, 0) is 4.79 Å². The topological polar surface area (TPSA) is 133 Å². The number of primary amides is 1. The standard InChI is InChI=1S/C15H12Cl2N6O2/c16-10-2-1-3-11(17)12(10)22-23-13(15(19)25)14(18)21-8-4-5-9(7-24)20-6-8/h1-7,22H,(H2,18,21)(H2,19,25)/b23-13+. The minimum absolute atomic E-state index is 0.232. The second-order valence-corrected chi connectivity index (χ2v) is 5.44. The predicted molar refractivity (Wildman–Crippen MR) is 97.7 cm³/mol. The number of nitrogens with zero attached hydrogens (tertiary/aromatic N) is 2. The molecular formula is C15H12Cl2N6O2. The highest BCUT2D eigenvalue weighted by atomic mass is 35.5. The fourth-order valence-electron chi connectivity index (χ4n) is 1.70. The number of aromatic nitrogens is 1. The molecule has 1 aromatic carbocycles. The van der Waals surface area contributed by atoms with E-state index in [0.29, 0.717) is 12.0 Å². The monoisotopic (exact) mass is 378 g/mol. The summed E-state index contributed by atoms with van der Waals surface area (Å²) in [6, 6.07) is 7.78. The summed E-state index contributed by atoms with van der Waals surface area (Å²) in [6.45, 7) is 0. The van der Waals surface area contributed by atoms with Crippen LogP contribution in [0.25, 0.3) is 0 Å². The van der Waals surface area contributed by atoms with Crippen LogP contribution in [0.1, 0.15) is 10.5 Å². The normalized spacial score (nSPS) is 10.9. The molecule has 5 N–H and O–H groups in total. The van der Waals surface area contributed by atoms with E-state index in [1.807, 2.05) is 0 Å². The molecule has 0 atom stereocenters. The highest BCUT2D eigenvalue weighted by Crippen LogP contribution is 2.29. The molecule has 0 aliphatic carbocycles. The van der Waals surface area contributed by atoms with E-state index in [1.54, 1.807) is 18.2 Å². The Morgan fingerprint density at radius 1 is 1.24 bits per heavy atom. The van der Waals surface area contributed by atoms with Crippen molar-refractivity contribution >= 4 is 58.3 Å². The van der Waals surface area contributed by atoms with Crippen molar-refractivity contribution in [2.75, 3.05) is 10.7 Å². The second-order valence-electron chi connectivity index (χ2n) is 4.62. The number of amides is 1. The number of aldehydes is 1. The molecule has 0 radical (unpaired) electrons. The van der Waals surface area contributed by atoms with Crippen molar-refractivity contribution in [2.24, 2.45) is 10.8 Å². The Morgan fingerprint density at radius 3 is 2.44 bits per heavy atom. The summed E-state index contributed by atoms with van der Waals surface area (Å²) in [5, 5.41) is 14.9. The van der Waals surface area contributed by atoms with Crippen LogP contribution in [0.3, 0.4) is 0 Å². The lowest BCUT2D eigenvalue weighted by Crippen LogP contribution is -2.35. The lowest BCUT2D eigenvalue weighted by Gasteiger charge is -2.10. The molecule has 1 heterocycles. The summed E-state index contributed by atoms with van der Waals surface area (Å²) < 4.78 is 0. The number of carbonyl (C=O) groups is 2. The number of hydrogen-bond donors (Lipinski definition) is 4. The summed E-state index contributed by atoms with van der Waals surface area (Å²) in [6.07, 6.45) is 1.91. The summed E-state index contributed by atoms with van der Waals surface area (Å²) >= 11 is 12.0. The SMILES string of the molecule is N=C(Nc1ccc(C=O)nc1)/C(=N\Nc1c(Cl)cccc1Cl)C(N)=O. The van der Waals surface area contributed by atoms with Crippen LogP contribution >= 0.6 is 23.2 Å². The number of benzene rings is 1. The smallest absolute Gasteiger partial charge is 0.272 e. The van der Waals surface area contributed by atoms with Gasteiger partial charge >= 0.3 is 0 Å². The third-order valence-corrected chi connectivity index (χ3v) is 3.52. The number of carbonyl (C=O) groups excluding carboxylic acids is 2. The number of anilines is 2. The van der Waals surface area contributed by atoms with E-state index in [9.17, 15) is 9.59 Å². The molecule has 25 heavy (non-hydrogen) atoms. The summed E-state index contributed by atoms with van der Waals surface area (Å²) in [4.78, 5) is 26.0. The zero-order valence-corrected chi connectivity index (χ0v) is 14.1. The molecule has 8 nitrogen and oxygen atoms in total. The summed E-state index contributed by atoms with van der Waals surface area (Å²) in [7, 11) is 0. The van der Waals surface area contributed by atoms with Gasteiger partial charge in [-0.2, -0.15) is 5.10 Å². The number of rotatable bonds is 6. The Morgan fingerprint density at radius 2 is 1.92 bits per heavy atom. The molecule has 0 aliphatic rings. The van der Waals surface area contributed by atoms with Gasteiger partial charge in [0.15, 0.2) is 17.8 Å². The van der Waals surface area contributed by atoms with Crippen molar-refractivity contribution in [2.45, 2.75) is 0 Å². The molecule has 0 unspecified atom stereocenters. The van der Waals surface area contributed by atoms with Gasteiger partial charge in [-0.25, -0.2) is 0 Å². The van der Waals surface area contributed by atoms with Gasteiger partial charge in [0.2, 0.25) is 0 Å². The lowest BCUT2D eigenvalue weighted by atomic mass is 10.3. The van der Waals surface area contributed by atoms with Gasteiger partial charge in [-0.05, 0) is 24.3 Å². The fraction of sp³-hybridized carbons (Fsp3) is 0. The van der Waals surface area contributed by atoms with Gasteiger partial charge in [-0.15, -0.1) is 0 Å². The first-order valence-electron chi connectivity index (χ1n) is 6.77. The Balaban J connectivity index is 2.19. The number of hydrogen-bond acceptors (Lipinski definition) is 6. The number of halogens is 2. The van der Waals surface area contributed by atoms with E-state index in [2.05, 4.69) is 20.8 Å². The van der Waals surface area contributed by atoms with Crippen molar-refractivity contribution in [1.82, 2.24) is 4.98 Å². The van der Waals surface area contributed by atoms with Crippen molar-refractivity contribution in [1.29, 1.82) is 5.41 Å². The van der Waals surface area contributed by atoms with E-state index in [-0.39, 0.29) is 33.0 Å². The molecule has 0 bridgehead atoms. The van der Waals surface area contributed by atoms with Gasteiger partial charge in [0.25, 0.3) is 5.91 Å². The Hall–Kier alpha value is -2.97. The van der Waals surface area contributed by atoms with Crippen molar-refractivity contribution in [3.63, 3.8) is 0 Å². The second kappa shape index (κ2) is 8.22. The molecule has 0 saturated heterocycles. The van der Waals surface area contributed by atoms with Crippen LogP contribution in [0, 0.1) is 5.41 Å². The molecule has 0 saturated carbocycles. The first-order valence-corrected chi connectivity index (χ1v) is 7.52. The van der Waals surface area contributed by atoms with E-state index < -0.39 is 5.91 Å². The highest BCUT2D eigenvalue weighted by molar-refractivity contribution is 6.67.